The van der Waals surface area contributed by atoms with Gasteiger partial charge in [0.2, 0.25) is 0 Å². The highest BCUT2D eigenvalue weighted by Gasteiger charge is 2.24. The van der Waals surface area contributed by atoms with Crippen LogP contribution >= 0.6 is 23.2 Å². The normalized spacial score (nSPS) is 11.0. The van der Waals surface area contributed by atoms with Gasteiger partial charge in [0.25, 0.3) is 0 Å². The summed E-state index contributed by atoms with van der Waals surface area (Å²) in [5.74, 6) is 0. The Labute approximate surface area is 202 Å². The Morgan fingerprint density at radius 1 is 0.606 bits per heavy atom. The van der Waals surface area contributed by atoms with Gasteiger partial charge in [0.15, 0.2) is 0 Å². The van der Waals surface area contributed by atoms with E-state index >= 15 is 0 Å². The number of imidazole rings is 1. The van der Waals surface area contributed by atoms with Crippen molar-refractivity contribution in [2.75, 3.05) is 0 Å². The zero-order valence-electron chi connectivity index (χ0n) is 17.7. The standard InChI is InChI=1S/C28H20Cl2N2O/c29-23-16-24(30)18-25(17-23)32-27(22-14-8-3-9-15-22)26(21-12-6-2-7-13-21)31(28(32)33)19-20-10-4-1-5-11-20/h1-18H,19H2. The number of benzene rings is 4. The molecule has 3 nitrogen and oxygen atoms in total. The summed E-state index contributed by atoms with van der Waals surface area (Å²) in [6, 6.07) is 35.1. The van der Waals surface area contributed by atoms with Crippen LogP contribution in [0.25, 0.3) is 28.2 Å². The molecule has 0 N–H and O–H groups in total. The van der Waals surface area contributed by atoms with Gasteiger partial charge in [-0.25, -0.2) is 4.79 Å². The molecule has 0 aliphatic carbocycles. The van der Waals surface area contributed by atoms with Gasteiger partial charge in [-0.15, -0.1) is 0 Å². The van der Waals surface area contributed by atoms with Gasteiger partial charge in [0.1, 0.15) is 0 Å². The molecule has 0 radical (unpaired) electrons. The minimum Gasteiger partial charge on any atom is -0.287 e. The largest absolute Gasteiger partial charge is 0.334 e. The van der Waals surface area contributed by atoms with Crippen LogP contribution in [0.4, 0.5) is 0 Å². The zero-order chi connectivity index (χ0) is 22.8. The van der Waals surface area contributed by atoms with Crippen molar-refractivity contribution >= 4 is 23.2 Å². The van der Waals surface area contributed by atoms with Crippen molar-refractivity contribution in [2.24, 2.45) is 0 Å². The molecule has 33 heavy (non-hydrogen) atoms. The van der Waals surface area contributed by atoms with Crippen LogP contribution in [0.5, 0.6) is 0 Å². The molecule has 4 aromatic carbocycles. The maximum Gasteiger partial charge on any atom is 0.334 e. The maximum absolute atomic E-state index is 14.0. The van der Waals surface area contributed by atoms with Crippen molar-refractivity contribution in [3.05, 3.63) is 135 Å². The predicted molar refractivity (Wildman–Crippen MR) is 136 cm³/mol. The fourth-order valence-corrected chi connectivity index (χ4v) is 4.63. The third-order valence-electron chi connectivity index (χ3n) is 5.52. The lowest BCUT2D eigenvalue weighted by atomic mass is 10.0. The van der Waals surface area contributed by atoms with Crippen molar-refractivity contribution in [1.29, 1.82) is 0 Å². The first kappa shape index (κ1) is 21.3. The number of aromatic nitrogens is 2. The summed E-state index contributed by atoms with van der Waals surface area (Å²) in [6.07, 6.45) is 0. The van der Waals surface area contributed by atoms with E-state index in [1.807, 2.05) is 95.6 Å². The molecule has 162 valence electrons. The molecule has 0 bridgehead atoms. The SMILES string of the molecule is O=c1n(Cc2ccccc2)c(-c2ccccc2)c(-c2ccccc2)n1-c1cc(Cl)cc(Cl)c1. The summed E-state index contributed by atoms with van der Waals surface area (Å²) in [4.78, 5) is 14.0. The summed E-state index contributed by atoms with van der Waals surface area (Å²) in [6.45, 7) is 0.436. The smallest absolute Gasteiger partial charge is 0.287 e. The first-order valence-electron chi connectivity index (χ1n) is 10.6. The molecule has 0 saturated heterocycles. The van der Waals surface area contributed by atoms with Crippen LogP contribution in [0.3, 0.4) is 0 Å². The lowest BCUT2D eigenvalue weighted by Gasteiger charge is -2.12. The summed E-state index contributed by atoms with van der Waals surface area (Å²) < 4.78 is 3.53. The number of hydrogen-bond donors (Lipinski definition) is 0. The molecule has 1 heterocycles. The second-order valence-corrected chi connectivity index (χ2v) is 8.62. The first-order valence-corrected chi connectivity index (χ1v) is 11.3. The Balaban J connectivity index is 1.88. The molecule has 0 aliphatic heterocycles. The van der Waals surface area contributed by atoms with Crippen molar-refractivity contribution in [3.8, 4) is 28.2 Å². The maximum atomic E-state index is 14.0. The van der Waals surface area contributed by atoms with Crippen LogP contribution in [0.1, 0.15) is 5.56 Å². The third kappa shape index (κ3) is 4.25. The van der Waals surface area contributed by atoms with Gasteiger partial charge in [-0.3, -0.25) is 9.13 Å². The molecule has 5 aromatic rings. The molecule has 1 aromatic heterocycles. The summed E-state index contributed by atoms with van der Waals surface area (Å²) in [7, 11) is 0. The van der Waals surface area contributed by atoms with Gasteiger partial charge in [0, 0.05) is 21.2 Å². The van der Waals surface area contributed by atoms with E-state index in [1.165, 1.54) is 0 Å². The number of nitrogens with zero attached hydrogens (tertiary/aromatic N) is 2. The van der Waals surface area contributed by atoms with Crippen LogP contribution < -0.4 is 5.69 Å². The van der Waals surface area contributed by atoms with E-state index < -0.39 is 0 Å². The van der Waals surface area contributed by atoms with E-state index in [1.54, 1.807) is 22.8 Å². The number of hydrogen-bond acceptors (Lipinski definition) is 1. The summed E-state index contributed by atoms with van der Waals surface area (Å²) in [5.41, 5.74) is 5.02. The Bertz CT molecular complexity index is 1440. The fraction of sp³-hybridized carbons (Fsp3) is 0.0357. The lowest BCUT2D eigenvalue weighted by Crippen LogP contribution is -2.24. The quantitative estimate of drug-likeness (QED) is 0.264. The minimum absolute atomic E-state index is 0.158. The van der Waals surface area contributed by atoms with Crippen molar-refractivity contribution in [2.45, 2.75) is 6.54 Å². The molecular weight excluding hydrogens is 451 g/mol. The third-order valence-corrected chi connectivity index (χ3v) is 5.96. The Hall–Kier alpha value is -3.53. The summed E-state index contributed by atoms with van der Waals surface area (Å²) in [5, 5.41) is 0.945. The fourth-order valence-electron chi connectivity index (χ4n) is 4.12. The minimum atomic E-state index is -0.158. The second-order valence-electron chi connectivity index (χ2n) is 7.75. The van der Waals surface area contributed by atoms with Crippen molar-refractivity contribution in [3.63, 3.8) is 0 Å². The van der Waals surface area contributed by atoms with Crippen LogP contribution in [-0.4, -0.2) is 9.13 Å². The van der Waals surface area contributed by atoms with Gasteiger partial charge >= 0.3 is 5.69 Å². The Morgan fingerprint density at radius 2 is 1.09 bits per heavy atom. The molecule has 0 fully saturated rings. The molecule has 5 heteroatoms. The van der Waals surface area contributed by atoms with E-state index in [2.05, 4.69) is 0 Å². The highest BCUT2D eigenvalue weighted by Crippen LogP contribution is 2.35. The van der Waals surface area contributed by atoms with E-state index in [0.29, 0.717) is 22.3 Å². The second kappa shape index (κ2) is 9.14. The lowest BCUT2D eigenvalue weighted by molar-refractivity contribution is 0.748. The molecule has 0 amide bonds. The van der Waals surface area contributed by atoms with Gasteiger partial charge in [0.05, 0.1) is 23.6 Å². The van der Waals surface area contributed by atoms with Gasteiger partial charge in [-0.1, -0.05) is 114 Å². The van der Waals surface area contributed by atoms with Crippen LogP contribution in [-0.2, 0) is 6.54 Å². The first-order chi connectivity index (χ1) is 16.1. The van der Waals surface area contributed by atoms with Crippen LogP contribution in [0, 0.1) is 0 Å². The highest BCUT2D eigenvalue weighted by molar-refractivity contribution is 6.34. The molecule has 0 atom stereocenters. The molecular formula is C28H20Cl2N2O. The molecule has 0 spiro atoms. The van der Waals surface area contributed by atoms with Crippen molar-refractivity contribution in [1.82, 2.24) is 9.13 Å². The van der Waals surface area contributed by atoms with Crippen LogP contribution in [0.2, 0.25) is 10.0 Å². The Morgan fingerprint density at radius 3 is 1.64 bits per heavy atom. The van der Waals surface area contributed by atoms with Gasteiger partial charge < -0.3 is 0 Å². The average Bonchev–Trinajstić information content (AvgIpc) is 3.12. The predicted octanol–water partition coefficient (Wildman–Crippen LogP) is 7.33. The van der Waals surface area contributed by atoms with Crippen LogP contribution in [0.15, 0.2) is 114 Å². The number of halogens is 2. The summed E-state index contributed by atoms with van der Waals surface area (Å²) >= 11 is 12.7. The van der Waals surface area contributed by atoms with Gasteiger partial charge in [-0.05, 0) is 23.8 Å². The van der Waals surface area contributed by atoms with Gasteiger partial charge in [-0.2, -0.15) is 0 Å². The van der Waals surface area contributed by atoms with E-state index in [0.717, 1.165) is 28.1 Å². The highest BCUT2D eigenvalue weighted by atomic mass is 35.5. The number of rotatable bonds is 5. The zero-order valence-corrected chi connectivity index (χ0v) is 19.2. The Kier molecular flexibility index (Phi) is 5.91. The molecule has 0 saturated carbocycles. The molecule has 0 aliphatic rings. The average molecular weight is 471 g/mol. The van der Waals surface area contributed by atoms with E-state index in [-0.39, 0.29) is 5.69 Å². The molecule has 5 rings (SSSR count). The van der Waals surface area contributed by atoms with E-state index in [9.17, 15) is 4.79 Å². The monoisotopic (exact) mass is 470 g/mol. The van der Waals surface area contributed by atoms with E-state index in [4.69, 9.17) is 23.2 Å². The van der Waals surface area contributed by atoms with Crippen molar-refractivity contribution < 1.29 is 0 Å². The topological polar surface area (TPSA) is 26.9 Å². The molecule has 0 unspecified atom stereocenters.